The van der Waals surface area contributed by atoms with Crippen LogP contribution in [-0.2, 0) is 4.74 Å². The fourth-order valence-corrected chi connectivity index (χ4v) is 4.97. The van der Waals surface area contributed by atoms with Crippen molar-refractivity contribution >= 4 is 28.5 Å². The molecule has 1 amide bonds. The summed E-state index contributed by atoms with van der Waals surface area (Å²) in [6.45, 7) is 0.967. The van der Waals surface area contributed by atoms with E-state index in [2.05, 4.69) is 0 Å². The van der Waals surface area contributed by atoms with E-state index in [1.165, 1.54) is 21.3 Å². The number of nitrogens with zero attached hydrogens (tertiary/aromatic N) is 1. The van der Waals surface area contributed by atoms with Crippen LogP contribution < -0.4 is 19.6 Å². The Morgan fingerprint density at radius 1 is 1.06 bits per heavy atom. The number of amides is 1. The molecule has 0 saturated carbocycles. The first-order valence-electron chi connectivity index (χ1n) is 11.0. The van der Waals surface area contributed by atoms with Gasteiger partial charge in [-0.1, -0.05) is 11.6 Å². The quantitative estimate of drug-likeness (QED) is 0.517. The third-order valence-corrected chi connectivity index (χ3v) is 6.59. The predicted octanol–water partition coefficient (Wildman–Crippen LogP) is 4.20. The molecule has 0 spiro atoms. The van der Waals surface area contributed by atoms with E-state index in [0.29, 0.717) is 52.0 Å². The lowest BCUT2D eigenvalue weighted by molar-refractivity contribution is 0.0486. The van der Waals surface area contributed by atoms with E-state index in [1.807, 2.05) is 0 Å². The van der Waals surface area contributed by atoms with Gasteiger partial charge in [-0.05, 0) is 48.7 Å². The van der Waals surface area contributed by atoms with Gasteiger partial charge in [0.2, 0.25) is 11.5 Å². The number of carbonyl (C=O) groups is 1. The second-order valence-electron chi connectivity index (χ2n) is 8.27. The van der Waals surface area contributed by atoms with E-state index >= 15 is 0 Å². The molecule has 34 heavy (non-hydrogen) atoms. The molecule has 1 saturated heterocycles. The molecule has 3 heterocycles. The van der Waals surface area contributed by atoms with Crippen LogP contribution in [0.4, 0.5) is 0 Å². The average molecular weight is 486 g/mol. The summed E-state index contributed by atoms with van der Waals surface area (Å²) in [5, 5.41) is 0.722. The molecule has 2 aliphatic heterocycles. The summed E-state index contributed by atoms with van der Waals surface area (Å²) in [4.78, 5) is 28.9. The van der Waals surface area contributed by atoms with Crippen molar-refractivity contribution < 1.29 is 28.2 Å². The monoisotopic (exact) mass is 485 g/mol. The highest BCUT2D eigenvalue weighted by atomic mass is 35.5. The molecule has 2 aliphatic rings. The van der Waals surface area contributed by atoms with Crippen molar-refractivity contribution in [3.05, 3.63) is 62.5 Å². The maximum absolute atomic E-state index is 13.7. The Kier molecular flexibility index (Phi) is 5.87. The normalized spacial score (nSPS) is 19.5. The van der Waals surface area contributed by atoms with Gasteiger partial charge >= 0.3 is 0 Å². The van der Waals surface area contributed by atoms with Crippen LogP contribution in [0.3, 0.4) is 0 Å². The van der Waals surface area contributed by atoms with E-state index in [1.54, 1.807) is 35.2 Å². The van der Waals surface area contributed by atoms with Gasteiger partial charge in [-0.25, -0.2) is 0 Å². The topological polar surface area (TPSA) is 87.4 Å². The van der Waals surface area contributed by atoms with Crippen molar-refractivity contribution in [3.8, 4) is 17.2 Å². The van der Waals surface area contributed by atoms with Crippen LogP contribution in [0.5, 0.6) is 17.2 Å². The summed E-state index contributed by atoms with van der Waals surface area (Å²) in [6.07, 6.45) is 1.64. The lowest BCUT2D eigenvalue weighted by atomic mass is 9.97. The van der Waals surface area contributed by atoms with Crippen molar-refractivity contribution in [2.75, 3.05) is 34.5 Å². The molecule has 1 aromatic heterocycles. The third-order valence-electron chi connectivity index (χ3n) is 6.35. The van der Waals surface area contributed by atoms with Gasteiger partial charge in [0, 0.05) is 18.2 Å². The van der Waals surface area contributed by atoms with Gasteiger partial charge in [-0.15, -0.1) is 0 Å². The largest absolute Gasteiger partial charge is 0.493 e. The molecule has 9 heteroatoms. The molecule has 0 aliphatic carbocycles. The molecular formula is C25H24ClNO7. The zero-order valence-electron chi connectivity index (χ0n) is 19.1. The number of carbonyl (C=O) groups excluding carboxylic acids is 1. The maximum Gasteiger partial charge on any atom is 0.291 e. The first-order valence-corrected chi connectivity index (χ1v) is 11.3. The lowest BCUT2D eigenvalue weighted by Crippen LogP contribution is -2.36. The number of fused-ring (bicyclic) bond motifs is 2. The van der Waals surface area contributed by atoms with E-state index < -0.39 is 6.04 Å². The van der Waals surface area contributed by atoms with Crippen LogP contribution in [0.25, 0.3) is 11.0 Å². The molecular weight excluding hydrogens is 462 g/mol. The molecule has 5 rings (SSSR count). The average Bonchev–Trinajstić information content (AvgIpc) is 3.46. The number of ether oxygens (including phenoxy) is 4. The maximum atomic E-state index is 13.7. The van der Waals surface area contributed by atoms with Gasteiger partial charge in [0.1, 0.15) is 5.58 Å². The van der Waals surface area contributed by atoms with Gasteiger partial charge in [0.25, 0.3) is 5.91 Å². The smallest absolute Gasteiger partial charge is 0.291 e. The van der Waals surface area contributed by atoms with Crippen molar-refractivity contribution in [1.29, 1.82) is 0 Å². The Morgan fingerprint density at radius 3 is 2.41 bits per heavy atom. The second-order valence-corrected chi connectivity index (χ2v) is 8.70. The van der Waals surface area contributed by atoms with Gasteiger partial charge < -0.3 is 28.3 Å². The Balaban J connectivity index is 1.75. The van der Waals surface area contributed by atoms with Crippen molar-refractivity contribution in [3.63, 3.8) is 0 Å². The molecule has 0 unspecified atom stereocenters. The number of hydrogen-bond acceptors (Lipinski definition) is 7. The summed E-state index contributed by atoms with van der Waals surface area (Å²) in [5.74, 6) is 0.919. The number of benzene rings is 2. The highest BCUT2D eigenvalue weighted by molar-refractivity contribution is 6.31. The Morgan fingerprint density at radius 2 is 1.79 bits per heavy atom. The summed E-state index contributed by atoms with van der Waals surface area (Å²) >= 11 is 6.16. The number of halogens is 1. The highest BCUT2D eigenvalue weighted by Gasteiger charge is 2.44. The molecule has 8 nitrogen and oxygen atoms in total. The van der Waals surface area contributed by atoms with E-state index in [-0.39, 0.29) is 28.8 Å². The summed E-state index contributed by atoms with van der Waals surface area (Å²) < 4.78 is 28.3. The second kappa shape index (κ2) is 8.85. The molecule has 0 bridgehead atoms. The van der Waals surface area contributed by atoms with Crippen LogP contribution in [0.2, 0.25) is 5.02 Å². The lowest BCUT2D eigenvalue weighted by Gasteiger charge is -2.28. The van der Waals surface area contributed by atoms with Crippen LogP contribution in [0, 0.1) is 0 Å². The van der Waals surface area contributed by atoms with Gasteiger partial charge in [-0.2, -0.15) is 0 Å². The number of methoxy groups -OCH3 is 3. The molecule has 3 aromatic rings. The minimum atomic E-state index is -0.722. The fraction of sp³-hybridized carbons (Fsp3) is 0.360. The Hall–Kier alpha value is -3.23. The van der Waals surface area contributed by atoms with E-state index in [9.17, 15) is 9.59 Å². The Labute approximate surface area is 200 Å². The summed E-state index contributed by atoms with van der Waals surface area (Å²) in [7, 11) is 4.55. The SMILES string of the molecule is COc1cc([C@@H]2c3c(oc4ccc(Cl)cc4c3=O)C(=O)N2C[C@@H]2CCCO2)cc(OC)c1OC. The highest BCUT2D eigenvalue weighted by Crippen LogP contribution is 2.45. The minimum absolute atomic E-state index is 0.0246. The summed E-state index contributed by atoms with van der Waals surface area (Å²) in [5.41, 5.74) is 0.894. The Bertz CT molecular complexity index is 1300. The molecule has 0 radical (unpaired) electrons. The zero-order chi connectivity index (χ0) is 24.0. The van der Waals surface area contributed by atoms with Crippen LogP contribution in [0.1, 0.15) is 40.6 Å². The molecule has 178 valence electrons. The van der Waals surface area contributed by atoms with E-state index in [4.69, 9.17) is 35.0 Å². The standard InChI is InChI=1S/C25H24ClNO7/c1-30-18-9-13(10-19(31-2)23(18)32-3)21-20-22(28)16-11-14(26)6-7-17(16)34-24(20)25(29)27(21)12-15-5-4-8-33-15/h6-7,9-11,15,21H,4-5,8,12H2,1-3H3/t15-,21+/m0/s1. The molecule has 0 N–H and O–H groups in total. The van der Waals surface area contributed by atoms with Crippen LogP contribution in [-0.4, -0.2) is 51.4 Å². The van der Waals surface area contributed by atoms with Gasteiger partial charge in [0.05, 0.1) is 44.4 Å². The van der Waals surface area contributed by atoms with Crippen molar-refractivity contribution in [2.45, 2.75) is 25.0 Å². The minimum Gasteiger partial charge on any atom is -0.493 e. The van der Waals surface area contributed by atoms with Crippen LogP contribution >= 0.6 is 11.6 Å². The third kappa shape index (κ3) is 3.58. The zero-order valence-corrected chi connectivity index (χ0v) is 19.8. The van der Waals surface area contributed by atoms with Crippen LogP contribution in [0.15, 0.2) is 39.5 Å². The first kappa shape index (κ1) is 22.6. The first-order chi connectivity index (χ1) is 16.5. The summed E-state index contributed by atoms with van der Waals surface area (Å²) in [6, 6.07) is 7.56. The molecule has 2 atom stereocenters. The number of hydrogen-bond donors (Lipinski definition) is 0. The van der Waals surface area contributed by atoms with E-state index in [0.717, 1.165) is 12.8 Å². The van der Waals surface area contributed by atoms with Crippen molar-refractivity contribution in [2.24, 2.45) is 0 Å². The molecule has 1 fully saturated rings. The van der Waals surface area contributed by atoms with Gasteiger partial charge in [-0.3, -0.25) is 9.59 Å². The van der Waals surface area contributed by atoms with Crippen molar-refractivity contribution in [1.82, 2.24) is 4.90 Å². The van der Waals surface area contributed by atoms with Gasteiger partial charge in [0.15, 0.2) is 16.9 Å². The number of rotatable bonds is 6. The fourth-order valence-electron chi connectivity index (χ4n) is 4.79. The molecule has 2 aromatic carbocycles. The predicted molar refractivity (Wildman–Crippen MR) is 125 cm³/mol.